The summed E-state index contributed by atoms with van der Waals surface area (Å²) in [6, 6.07) is 0. The van der Waals surface area contributed by atoms with Crippen LogP contribution in [0.2, 0.25) is 0 Å². The minimum Gasteiger partial charge on any atom is -0.389 e. The van der Waals surface area contributed by atoms with Gasteiger partial charge < -0.3 is 14.7 Å². The fourth-order valence-electron chi connectivity index (χ4n) is 1.25. The van der Waals surface area contributed by atoms with E-state index in [0.29, 0.717) is 13.2 Å². The van der Waals surface area contributed by atoms with Crippen molar-refractivity contribution in [1.82, 2.24) is 4.90 Å². The number of likely N-dealkylation sites (N-methyl/N-ethyl adjacent to an activating group) is 1. The number of hydrogen-bond donors (Lipinski definition) is 1. The number of aliphatic hydroxyl groups is 1. The fraction of sp³-hybridized carbons (Fsp3) is 1.00. The summed E-state index contributed by atoms with van der Waals surface area (Å²) in [7, 11) is 1.99. The third kappa shape index (κ3) is 9.96. The Labute approximate surface area is 88.1 Å². The molecule has 1 N–H and O–H groups in total. The van der Waals surface area contributed by atoms with Crippen molar-refractivity contribution in [3.8, 4) is 0 Å². The molecule has 3 heteroatoms. The van der Waals surface area contributed by atoms with Gasteiger partial charge in [-0.15, -0.1) is 0 Å². The zero-order valence-corrected chi connectivity index (χ0v) is 10.4. The van der Waals surface area contributed by atoms with Crippen molar-refractivity contribution in [3.05, 3.63) is 0 Å². The van der Waals surface area contributed by atoms with Crippen LogP contribution in [0.15, 0.2) is 0 Å². The molecule has 0 saturated heterocycles. The van der Waals surface area contributed by atoms with Gasteiger partial charge in [0.25, 0.3) is 0 Å². The van der Waals surface area contributed by atoms with Crippen LogP contribution in [0.3, 0.4) is 0 Å². The molecule has 0 aliphatic heterocycles. The van der Waals surface area contributed by atoms with Gasteiger partial charge in [-0.1, -0.05) is 0 Å². The minimum atomic E-state index is -0.628. The van der Waals surface area contributed by atoms with Crippen molar-refractivity contribution >= 4 is 0 Å². The van der Waals surface area contributed by atoms with Gasteiger partial charge in [-0.05, 0) is 41.7 Å². The highest BCUT2D eigenvalue weighted by molar-refractivity contribution is 4.70. The van der Waals surface area contributed by atoms with Crippen molar-refractivity contribution < 1.29 is 9.84 Å². The summed E-state index contributed by atoms with van der Waals surface area (Å²) in [6.45, 7) is 12.0. The Bertz CT molecular complexity index is 156. The molecule has 0 aliphatic rings. The molecule has 0 rings (SSSR count). The molecule has 0 aromatic heterocycles. The molecule has 0 atom stereocenters. The summed E-state index contributed by atoms with van der Waals surface area (Å²) in [5, 5.41) is 9.56. The lowest BCUT2D eigenvalue weighted by atomic mass is 10.1. The van der Waals surface area contributed by atoms with Gasteiger partial charge in [-0.25, -0.2) is 0 Å². The van der Waals surface area contributed by atoms with E-state index in [1.165, 1.54) is 0 Å². The maximum Gasteiger partial charge on any atom is 0.0718 e. The van der Waals surface area contributed by atoms with Gasteiger partial charge >= 0.3 is 0 Å². The summed E-state index contributed by atoms with van der Waals surface area (Å²) in [5.74, 6) is 0. The van der Waals surface area contributed by atoms with Gasteiger partial charge in [-0.2, -0.15) is 0 Å². The molecule has 14 heavy (non-hydrogen) atoms. The van der Waals surface area contributed by atoms with Crippen LogP contribution in [0, 0.1) is 0 Å². The Hall–Kier alpha value is -0.120. The van der Waals surface area contributed by atoms with E-state index in [1.54, 1.807) is 0 Å². The van der Waals surface area contributed by atoms with Gasteiger partial charge in [0.15, 0.2) is 0 Å². The lowest BCUT2D eigenvalue weighted by Gasteiger charge is -2.27. The predicted molar refractivity (Wildman–Crippen MR) is 59.5 cm³/mol. The average molecular weight is 203 g/mol. The van der Waals surface area contributed by atoms with Gasteiger partial charge in [0, 0.05) is 13.1 Å². The molecule has 0 bridgehead atoms. The number of rotatable bonds is 5. The first kappa shape index (κ1) is 13.9. The molecular formula is C11H25NO2. The third-order valence-electron chi connectivity index (χ3n) is 1.66. The Morgan fingerprint density at radius 3 is 2.00 bits per heavy atom. The molecule has 0 amide bonds. The van der Waals surface area contributed by atoms with Crippen LogP contribution in [-0.2, 0) is 4.74 Å². The highest BCUT2D eigenvalue weighted by Crippen LogP contribution is 2.07. The topological polar surface area (TPSA) is 32.7 Å². The second-order valence-electron chi connectivity index (χ2n) is 5.51. The Kier molecular flexibility index (Phi) is 5.06. The molecule has 0 unspecified atom stereocenters. The summed E-state index contributed by atoms with van der Waals surface area (Å²) in [4.78, 5) is 2.08. The Morgan fingerprint density at radius 1 is 1.14 bits per heavy atom. The van der Waals surface area contributed by atoms with Gasteiger partial charge in [0.1, 0.15) is 0 Å². The summed E-state index contributed by atoms with van der Waals surface area (Å²) >= 11 is 0. The zero-order valence-electron chi connectivity index (χ0n) is 10.4. The van der Waals surface area contributed by atoms with E-state index >= 15 is 0 Å². The highest BCUT2D eigenvalue weighted by Gasteiger charge is 2.16. The van der Waals surface area contributed by atoms with Crippen LogP contribution in [0.25, 0.3) is 0 Å². The van der Waals surface area contributed by atoms with Crippen molar-refractivity contribution in [3.63, 3.8) is 0 Å². The molecule has 3 nitrogen and oxygen atoms in total. The van der Waals surface area contributed by atoms with Gasteiger partial charge in [0.2, 0.25) is 0 Å². The van der Waals surface area contributed by atoms with Crippen molar-refractivity contribution in [1.29, 1.82) is 0 Å². The minimum absolute atomic E-state index is 0.0738. The van der Waals surface area contributed by atoms with E-state index in [2.05, 4.69) is 4.90 Å². The summed E-state index contributed by atoms with van der Waals surface area (Å²) in [6.07, 6.45) is 0. The first-order valence-corrected chi connectivity index (χ1v) is 5.15. The fourth-order valence-corrected chi connectivity index (χ4v) is 1.25. The third-order valence-corrected chi connectivity index (χ3v) is 1.66. The van der Waals surface area contributed by atoms with Crippen LogP contribution in [0.4, 0.5) is 0 Å². The number of hydrogen-bond acceptors (Lipinski definition) is 3. The number of ether oxygens (including phenoxy) is 1. The molecule has 0 aromatic carbocycles. The SMILES string of the molecule is CN(CCOC(C)(C)C)CC(C)(C)O. The van der Waals surface area contributed by atoms with Crippen LogP contribution in [0.5, 0.6) is 0 Å². The monoisotopic (exact) mass is 203 g/mol. The van der Waals surface area contributed by atoms with Crippen LogP contribution >= 0.6 is 0 Å². The standard InChI is InChI=1S/C11H25NO2/c1-10(2,3)14-8-7-12(6)9-11(4,5)13/h13H,7-9H2,1-6H3. The second kappa shape index (κ2) is 5.10. The van der Waals surface area contributed by atoms with E-state index in [1.807, 2.05) is 41.7 Å². The summed E-state index contributed by atoms with van der Waals surface area (Å²) < 4.78 is 5.59. The molecule has 0 fully saturated rings. The van der Waals surface area contributed by atoms with Gasteiger partial charge in [-0.3, -0.25) is 0 Å². The van der Waals surface area contributed by atoms with E-state index in [-0.39, 0.29) is 5.60 Å². The molecule has 86 valence electrons. The van der Waals surface area contributed by atoms with Crippen LogP contribution < -0.4 is 0 Å². The van der Waals surface area contributed by atoms with E-state index in [4.69, 9.17) is 4.74 Å². The Balaban J connectivity index is 3.60. The van der Waals surface area contributed by atoms with Gasteiger partial charge in [0.05, 0.1) is 17.8 Å². The van der Waals surface area contributed by atoms with Crippen molar-refractivity contribution in [2.75, 3.05) is 26.7 Å². The molecule has 0 spiro atoms. The van der Waals surface area contributed by atoms with E-state index < -0.39 is 5.60 Å². The molecule has 0 aliphatic carbocycles. The first-order chi connectivity index (χ1) is 6.10. The molecule has 0 radical (unpaired) electrons. The van der Waals surface area contributed by atoms with Crippen molar-refractivity contribution in [2.45, 2.75) is 45.8 Å². The molecule has 0 heterocycles. The van der Waals surface area contributed by atoms with Crippen LogP contribution in [-0.4, -0.2) is 48.0 Å². The predicted octanol–water partition coefficient (Wildman–Crippen LogP) is 1.50. The van der Waals surface area contributed by atoms with Crippen molar-refractivity contribution in [2.24, 2.45) is 0 Å². The lowest BCUT2D eigenvalue weighted by molar-refractivity contribution is -0.0203. The highest BCUT2D eigenvalue weighted by atomic mass is 16.5. The zero-order chi connectivity index (χ0) is 11.4. The first-order valence-electron chi connectivity index (χ1n) is 5.15. The largest absolute Gasteiger partial charge is 0.389 e. The average Bonchev–Trinajstić information content (AvgIpc) is 1.78. The Morgan fingerprint density at radius 2 is 1.64 bits per heavy atom. The molecular weight excluding hydrogens is 178 g/mol. The number of nitrogens with zero attached hydrogens (tertiary/aromatic N) is 1. The normalized spacial score (nSPS) is 13.7. The second-order valence-corrected chi connectivity index (χ2v) is 5.51. The molecule has 0 saturated carbocycles. The quantitative estimate of drug-likeness (QED) is 0.735. The van der Waals surface area contributed by atoms with E-state index in [0.717, 1.165) is 6.54 Å². The maximum absolute atomic E-state index is 9.56. The van der Waals surface area contributed by atoms with Crippen LogP contribution in [0.1, 0.15) is 34.6 Å². The lowest BCUT2D eigenvalue weighted by Crippen LogP contribution is -2.38. The summed E-state index contributed by atoms with van der Waals surface area (Å²) in [5.41, 5.74) is -0.702. The smallest absolute Gasteiger partial charge is 0.0718 e. The molecule has 0 aromatic rings. The maximum atomic E-state index is 9.56. The van der Waals surface area contributed by atoms with E-state index in [9.17, 15) is 5.11 Å².